The lowest BCUT2D eigenvalue weighted by Crippen LogP contribution is -2.69. The van der Waals surface area contributed by atoms with Gasteiger partial charge in [-0.05, 0) is 167 Å². The number of benzene rings is 2. The number of carbonyl (C=O) groups is 1. The molecule has 2 aromatic carbocycles. The molecule has 2 aromatic rings. The SMILES string of the molecule is C=C(C)[C@H](C)C[C@H]1CC[C@@H]2OC(CCC(/C=C/[C@H](O[Si](C)(C)C(C)(C)C)[C@@H]3O[C@H]4CCC(CC(O)C([C@@H]5[C@@H](C)[C@@H](C[C@H](C)CC)O[C@H]5CCC)S(=O)(=O)c5ccccc5)O[C@@H]4[C@H](O[Si](C)(C)C(C)(C)C)[C@@H]3O[Si](C)(C)C(C)(C)C)OC(=O)c3ccccc3)C[C@]2(CI)O1. The maximum Gasteiger partial charge on any atom is 0.338 e. The molecule has 93 heavy (non-hydrogen) atoms. The summed E-state index contributed by atoms with van der Waals surface area (Å²) in [5.74, 6) is -0.204. The van der Waals surface area contributed by atoms with Crippen molar-refractivity contribution in [3.05, 3.63) is 90.5 Å². The molecule has 20 atom stereocenters. The van der Waals surface area contributed by atoms with Gasteiger partial charge >= 0.3 is 5.97 Å². The summed E-state index contributed by atoms with van der Waals surface area (Å²) >= 11 is 2.48. The predicted octanol–water partition coefficient (Wildman–Crippen LogP) is 18.0. The van der Waals surface area contributed by atoms with Crippen LogP contribution in [-0.4, -0.2) is 145 Å². The first kappa shape index (κ1) is 78.7. The normalized spacial score (nSPS) is 31.3. The minimum Gasteiger partial charge on any atom is -0.455 e. The fraction of sp³-hybridized carbons (Fsp3) is 0.773. The quantitative estimate of drug-likeness (QED) is 0.0270. The summed E-state index contributed by atoms with van der Waals surface area (Å²) < 4.78 is 97.8. The number of hydrogen-bond donors (Lipinski definition) is 1. The molecule has 0 bridgehead atoms. The summed E-state index contributed by atoms with van der Waals surface area (Å²) in [4.78, 5) is 14.5. The molecule has 5 saturated heterocycles. The lowest BCUT2D eigenvalue weighted by Gasteiger charge is -2.56. The van der Waals surface area contributed by atoms with Crippen molar-refractivity contribution in [2.45, 2.75) is 343 Å². The lowest BCUT2D eigenvalue weighted by molar-refractivity contribution is -0.268. The number of sulfone groups is 1. The highest BCUT2D eigenvalue weighted by Crippen LogP contribution is 2.51. The van der Waals surface area contributed by atoms with Crippen LogP contribution in [0.15, 0.2) is 89.9 Å². The van der Waals surface area contributed by atoms with Crippen LogP contribution in [0, 0.1) is 23.7 Å². The van der Waals surface area contributed by atoms with Crippen LogP contribution in [0.3, 0.4) is 0 Å². The Labute approximate surface area is 580 Å². The number of esters is 1. The van der Waals surface area contributed by atoms with Crippen LogP contribution in [0.4, 0.5) is 0 Å². The van der Waals surface area contributed by atoms with E-state index in [0.717, 1.165) is 49.4 Å². The van der Waals surface area contributed by atoms with Gasteiger partial charge < -0.3 is 46.8 Å². The Bertz CT molecular complexity index is 2860. The molecule has 7 rings (SSSR count). The van der Waals surface area contributed by atoms with Crippen molar-refractivity contribution in [3.8, 4) is 0 Å². The van der Waals surface area contributed by atoms with Gasteiger partial charge in [-0.15, -0.1) is 0 Å². The number of fused-ring (bicyclic) bond motifs is 2. The fourth-order valence-electron chi connectivity index (χ4n) is 14.0. The Balaban J connectivity index is 1.29. The van der Waals surface area contributed by atoms with Crippen molar-refractivity contribution in [1.82, 2.24) is 0 Å². The summed E-state index contributed by atoms with van der Waals surface area (Å²) in [5.41, 5.74) is 1.26. The van der Waals surface area contributed by atoms with Gasteiger partial charge in [-0.1, -0.05) is 187 Å². The zero-order valence-corrected chi connectivity index (χ0v) is 67.1. The Hall–Kier alpha value is -1.64. The van der Waals surface area contributed by atoms with E-state index in [4.69, 9.17) is 41.7 Å². The highest BCUT2D eigenvalue weighted by Gasteiger charge is 2.60. The molecular weight excluding hydrogens is 1350 g/mol. The zero-order chi connectivity index (χ0) is 69.0. The van der Waals surface area contributed by atoms with Crippen LogP contribution in [0.25, 0.3) is 0 Å². The van der Waals surface area contributed by atoms with E-state index in [-0.39, 0.29) is 68.5 Å². The molecule has 5 fully saturated rings. The van der Waals surface area contributed by atoms with Crippen LogP contribution in [0.1, 0.15) is 198 Å². The van der Waals surface area contributed by atoms with Gasteiger partial charge in [0.15, 0.2) is 34.8 Å². The Morgan fingerprint density at radius 1 is 0.742 bits per heavy atom. The van der Waals surface area contributed by atoms with E-state index in [2.05, 4.69) is 178 Å². The molecule has 18 heteroatoms. The fourth-order valence-corrected chi connectivity index (χ4v) is 21.0. The van der Waals surface area contributed by atoms with E-state index >= 15 is 8.42 Å². The third-order valence-corrected chi connectivity index (χ3v) is 40.3. The number of allylic oxidation sites excluding steroid dienone is 1. The average molecular weight is 1480 g/mol. The van der Waals surface area contributed by atoms with Gasteiger partial charge in [0.05, 0.1) is 70.6 Å². The summed E-state index contributed by atoms with van der Waals surface area (Å²) in [7, 11) is -12.2. The second-order valence-corrected chi connectivity index (χ2v) is 50.6. The lowest BCUT2D eigenvalue weighted by atomic mass is 9.79. The maximum atomic E-state index is 15.4. The van der Waals surface area contributed by atoms with Crippen molar-refractivity contribution in [2.24, 2.45) is 23.7 Å². The minimum absolute atomic E-state index is 0.0103. The van der Waals surface area contributed by atoms with Crippen LogP contribution < -0.4 is 0 Å². The average Bonchev–Trinajstić information content (AvgIpc) is 1.65. The molecular formula is C75H125IO13SSi3. The van der Waals surface area contributed by atoms with E-state index in [9.17, 15) is 9.90 Å². The molecule has 0 aromatic heterocycles. The third kappa shape index (κ3) is 19.1. The van der Waals surface area contributed by atoms with E-state index in [0.29, 0.717) is 49.5 Å². The third-order valence-electron chi connectivity index (χ3n) is 23.3. The second-order valence-electron chi connectivity index (χ2n) is 33.5. The number of halogens is 1. The number of hydrogen-bond acceptors (Lipinski definition) is 13. The Morgan fingerprint density at radius 3 is 1.90 bits per heavy atom. The number of rotatable bonds is 29. The molecule has 1 N–H and O–H groups in total. The largest absolute Gasteiger partial charge is 0.455 e. The van der Waals surface area contributed by atoms with E-state index in [1.807, 2.05) is 30.3 Å². The minimum atomic E-state index is -4.10. The zero-order valence-electron chi connectivity index (χ0n) is 61.1. The van der Waals surface area contributed by atoms with Crippen LogP contribution in [0.2, 0.25) is 54.4 Å². The topological polar surface area (TPSA) is 155 Å². The van der Waals surface area contributed by atoms with Gasteiger partial charge in [-0.3, -0.25) is 0 Å². The summed E-state index contributed by atoms with van der Waals surface area (Å²) in [5, 5.41) is 11.3. The first-order valence-electron chi connectivity index (χ1n) is 35.7. The number of aliphatic hydroxyl groups excluding tert-OH is 1. The van der Waals surface area contributed by atoms with Gasteiger partial charge in [0.2, 0.25) is 0 Å². The molecule has 5 heterocycles. The molecule has 0 radical (unpaired) electrons. The first-order valence-corrected chi connectivity index (χ1v) is 47.4. The van der Waals surface area contributed by atoms with Gasteiger partial charge in [0.1, 0.15) is 36.1 Å². The number of aliphatic hydroxyl groups is 1. The first-order chi connectivity index (χ1) is 43.2. The predicted molar refractivity (Wildman–Crippen MR) is 393 cm³/mol. The molecule has 0 aliphatic carbocycles. The molecule has 528 valence electrons. The monoisotopic (exact) mass is 1480 g/mol. The highest BCUT2D eigenvalue weighted by atomic mass is 127. The number of ether oxygens (including phenoxy) is 6. The van der Waals surface area contributed by atoms with Crippen molar-refractivity contribution < 1.29 is 60.0 Å². The molecule has 0 saturated carbocycles. The van der Waals surface area contributed by atoms with Crippen LogP contribution >= 0.6 is 22.6 Å². The second kappa shape index (κ2) is 31.9. The van der Waals surface area contributed by atoms with E-state index < -0.39 is 107 Å². The van der Waals surface area contributed by atoms with Crippen molar-refractivity contribution >= 4 is 63.3 Å². The van der Waals surface area contributed by atoms with Crippen molar-refractivity contribution in [1.29, 1.82) is 0 Å². The molecule has 5 aliphatic rings. The van der Waals surface area contributed by atoms with E-state index in [1.165, 1.54) is 5.57 Å². The molecule has 0 amide bonds. The smallest absolute Gasteiger partial charge is 0.338 e. The van der Waals surface area contributed by atoms with Crippen molar-refractivity contribution in [3.63, 3.8) is 0 Å². The standard InChI is InChI=1S/C75H125IO13SSi3/c1-23-31-60-65(52(7)63(84-60)44-50(5)24-2)70(90(79,80)58-34-29-26-30-35-58)59(77)46-55-39-41-61-66(82-55)68(88-92(19,20)73(11,12)13)69(89-93(21,22)74(14,15)16)67(85-61)62(87-91(17,18)72(8,9)10)42-38-54(83-71(78)53-32-27-25-28-33-53)36-37-57-47-75(48-76)64(81-57)43-40-56(86-75)45-51(6)49(3)4/h25-30,32-35,38,42,50-52,54-57,59-70,77H,3,23-24,31,36-37,39-41,43-48H2,1-2,4-22H3/b42-38+/t50-,51-,52+,54?,55?,56-,57?,59?,60+,61+,62+,63-,64+,65-,66+,67+,68+,69-,70?,75-/m1/s1. The molecule has 0 spiro atoms. The van der Waals surface area contributed by atoms with Gasteiger partial charge in [0.25, 0.3) is 0 Å². The molecule has 5 unspecified atom stereocenters. The van der Waals surface area contributed by atoms with Gasteiger partial charge in [0, 0.05) is 23.2 Å². The van der Waals surface area contributed by atoms with Crippen LogP contribution in [0.5, 0.6) is 0 Å². The van der Waals surface area contributed by atoms with Crippen LogP contribution in [-0.2, 0) is 51.5 Å². The summed E-state index contributed by atoms with van der Waals surface area (Å²) in [6, 6.07) is 17.9. The number of carbonyl (C=O) groups excluding carboxylic acids is 1. The Morgan fingerprint density at radius 2 is 1.33 bits per heavy atom. The molecule has 5 aliphatic heterocycles. The summed E-state index contributed by atoms with van der Waals surface area (Å²) in [6.45, 7) is 51.2. The maximum absolute atomic E-state index is 15.4. The van der Waals surface area contributed by atoms with Gasteiger partial charge in [-0.25, -0.2) is 13.2 Å². The summed E-state index contributed by atoms with van der Waals surface area (Å²) in [6.07, 6.45) is 6.60. The highest BCUT2D eigenvalue weighted by molar-refractivity contribution is 14.1. The van der Waals surface area contributed by atoms with Gasteiger partial charge in [-0.2, -0.15) is 0 Å². The van der Waals surface area contributed by atoms with Crippen molar-refractivity contribution in [2.75, 3.05) is 4.43 Å². The Kier molecular flexibility index (Phi) is 27.0. The van der Waals surface area contributed by atoms with E-state index in [1.54, 1.807) is 36.4 Å². The molecule has 13 nitrogen and oxygen atoms in total. The number of alkyl halides is 1.